The van der Waals surface area contributed by atoms with Gasteiger partial charge in [-0.2, -0.15) is 0 Å². The van der Waals surface area contributed by atoms with E-state index in [1.165, 1.54) is 0 Å². The van der Waals surface area contributed by atoms with Crippen molar-refractivity contribution in [2.45, 2.75) is 45.0 Å². The molecule has 2 atom stereocenters. The standard InChI is InChI=1S/C14H20O3/c1-10(2)17-13-5-3-4-11(8-13)14-9-12(15)6-7-16-14/h3-5,8,10,12,14-15H,6-7,9H2,1-2H3. The van der Waals surface area contributed by atoms with Crippen LogP contribution >= 0.6 is 0 Å². The number of aliphatic hydroxyl groups excluding tert-OH is 1. The highest BCUT2D eigenvalue weighted by Crippen LogP contribution is 2.30. The summed E-state index contributed by atoms with van der Waals surface area (Å²) in [6.45, 7) is 4.64. The molecule has 1 fully saturated rings. The number of ether oxygens (including phenoxy) is 2. The minimum absolute atomic E-state index is 0.00513. The smallest absolute Gasteiger partial charge is 0.120 e. The molecule has 1 aliphatic rings. The largest absolute Gasteiger partial charge is 0.491 e. The van der Waals surface area contributed by atoms with Gasteiger partial charge in [0.15, 0.2) is 0 Å². The van der Waals surface area contributed by atoms with Gasteiger partial charge in [0.25, 0.3) is 0 Å². The molecule has 1 N–H and O–H groups in total. The molecule has 94 valence electrons. The van der Waals surface area contributed by atoms with Gasteiger partial charge in [-0.15, -0.1) is 0 Å². The van der Waals surface area contributed by atoms with Gasteiger partial charge >= 0.3 is 0 Å². The van der Waals surface area contributed by atoms with E-state index in [0.717, 1.165) is 17.7 Å². The number of benzene rings is 1. The van der Waals surface area contributed by atoms with Gasteiger partial charge < -0.3 is 14.6 Å². The SMILES string of the molecule is CC(C)Oc1cccc(C2CC(O)CCO2)c1. The fourth-order valence-electron chi connectivity index (χ4n) is 2.07. The van der Waals surface area contributed by atoms with E-state index in [1.807, 2.05) is 38.1 Å². The molecule has 0 bridgehead atoms. The molecule has 1 heterocycles. The summed E-state index contributed by atoms with van der Waals surface area (Å²) in [6, 6.07) is 7.94. The van der Waals surface area contributed by atoms with Gasteiger partial charge in [0.05, 0.1) is 18.3 Å². The maximum atomic E-state index is 9.64. The molecule has 0 aliphatic carbocycles. The van der Waals surface area contributed by atoms with E-state index >= 15 is 0 Å². The molecule has 17 heavy (non-hydrogen) atoms. The van der Waals surface area contributed by atoms with E-state index in [0.29, 0.717) is 13.0 Å². The van der Waals surface area contributed by atoms with Crippen LogP contribution in [0.15, 0.2) is 24.3 Å². The zero-order valence-electron chi connectivity index (χ0n) is 10.4. The molecule has 3 nitrogen and oxygen atoms in total. The van der Waals surface area contributed by atoms with Crippen LogP contribution in [0.4, 0.5) is 0 Å². The third kappa shape index (κ3) is 3.45. The van der Waals surface area contributed by atoms with Gasteiger partial charge in [0.2, 0.25) is 0 Å². The zero-order chi connectivity index (χ0) is 12.3. The first kappa shape index (κ1) is 12.4. The molecule has 0 amide bonds. The second-order valence-electron chi connectivity index (χ2n) is 4.78. The molecule has 1 saturated heterocycles. The predicted octanol–water partition coefficient (Wildman–Crippen LogP) is 2.69. The lowest BCUT2D eigenvalue weighted by molar-refractivity contribution is -0.0448. The Balaban J connectivity index is 2.09. The quantitative estimate of drug-likeness (QED) is 0.877. The minimum Gasteiger partial charge on any atom is -0.491 e. The number of hydrogen-bond acceptors (Lipinski definition) is 3. The van der Waals surface area contributed by atoms with Crippen molar-refractivity contribution in [2.24, 2.45) is 0 Å². The molecule has 1 aromatic rings. The van der Waals surface area contributed by atoms with E-state index in [9.17, 15) is 5.11 Å². The fourth-order valence-corrected chi connectivity index (χ4v) is 2.07. The minimum atomic E-state index is -0.247. The number of rotatable bonds is 3. The van der Waals surface area contributed by atoms with Crippen molar-refractivity contribution in [3.8, 4) is 5.75 Å². The first-order chi connectivity index (χ1) is 8.15. The van der Waals surface area contributed by atoms with E-state index in [2.05, 4.69) is 0 Å². The zero-order valence-corrected chi connectivity index (χ0v) is 10.4. The van der Waals surface area contributed by atoms with Crippen molar-refractivity contribution in [2.75, 3.05) is 6.61 Å². The summed E-state index contributed by atoms with van der Waals surface area (Å²) in [7, 11) is 0. The summed E-state index contributed by atoms with van der Waals surface area (Å²) in [6.07, 6.45) is 1.32. The maximum Gasteiger partial charge on any atom is 0.120 e. The molecule has 1 aromatic carbocycles. The highest BCUT2D eigenvalue weighted by molar-refractivity contribution is 5.30. The van der Waals surface area contributed by atoms with Crippen LogP contribution < -0.4 is 4.74 Å². The molecule has 0 spiro atoms. The summed E-state index contributed by atoms with van der Waals surface area (Å²) in [5.41, 5.74) is 1.09. The Hall–Kier alpha value is -1.06. The maximum absolute atomic E-state index is 9.64. The first-order valence-electron chi connectivity index (χ1n) is 6.21. The van der Waals surface area contributed by atoms with Crippen molar-refractivity contribution < 1.29 is 14.6 Å². The Bertz CT molecular complexity index is 362. The molecular weight excluding hydrogens is 216 g/mol. The van der Waals surface area contributed by atoms with Gasteiger partial charge in [-0.05, 0) is 38.0 Å². The molecule has 1 aliphatic heterocycles. The third-order valence-corrected chi connectivity index (χ3v) is 2.86. The van der Waals surface area contributed by atoms with E-state index in [4.69, 9.17) is 9.47 Å². The lowest BCUT2D eigenvalue weighted by Crippen LogP contribution is -2.23. The second kappa shape index (κ2) is 5.52. The van der Waals surface area contributed by atoms with Gasteiger partial charge in [0, 0.05) is 13.0 Å². The van der Waals surface area contributed by atoms with Gasteiger partial charge in [-0.1, -0.05) is 12.1 Å². The molecule has 2 unspecified atom stereocenters. The molecule has 2 rings (SSSR count). The monoisotopic (exact) mass is 236 g/mol. The molecule has 0 aromatic heterocycles. The predicted molar refractivity (Wildman–Crippen MR) is 66.1 cm³/mol. The number of hydrogen-bond donors (Lipinski definition) is 1. The Morgan fingerprint density at radius 3 is 2.94 bits per heavy atom. The van der Waals surface area contributed by atoms with E-state index < -0.39 is 0 Å². The van der Waals surface area contributed by atoms with Crippen molar-refractivity contribution in [3.63, 3.8) is 0 Å². The van der Waals surface area contributed by atoms with Crippen LogP contribution in [-0.4, -0.2) is 23.9 Å². The lowest BCUT2D eigenvalue weighted by atomic mass is 9.99. The third-order valence-electron chi connectivity index (χ3n) is 2.86. The summed E-state index contributed by atoms with van der Waals surface area (Å²) >= 11 is 0. The van der Waals surface area contributed by atoms with Crippen LogP contribution in [0.3, 0.4) is 0 Å². The van der Waals surface area contributed by atoms with Crippen LogP contribution in [0.25, 0.3) is 0 Å². The van der Waals surface area contributed by atoms with Crippen molar-refractivity contribution in [1.82, 2.24) is 0 Å². The summed E-state index contributed by atoms with van der Waals surface area (Å²) in [5.74, 6) is 0.862. The van der Waals surface area contributed by atoms with E-state index in [-0.39, 0.29) is 18.3 Å². The van der Waals surface area contributed by atoms with Gasteiger partial charge in [-0.3, -0.25) is 0 Å². The van der Waals surface area contributed by atoms with Crippen molar-refractivity contribution >= 4 is 0 Å². The molecule has 3 heteroatoms. The Labute approximate surface area is 102 Å². The summed E-state index contributed by atoms with van der Waals surface area (Å²) < 4.78 is 11.3. The average Bonchev–Trinajstić information content (AvgIpc) is 2.28. The van der Waals surface area contributed by atoms with Crippen LogP contribution in [0.2, 0.25) is 0 Å². The fraction of sp³-hybridized carbons (Fsp3) is 0.571. The van der Waals surface area contributed by atoms with Gasteiger partial charge in [-0.25, -0.2) is 0 Å². The normalized spacial score (nSPS) is 24.9. The molecule has 0 saturated carbocycles. The van der Waals surface area contributed by atoms with Crippen molar-refractivity contribution in [3.05, 3.63) is 29.8 Å². The van der Waals surface area contributed by atoms with Crippen LogP contribution in [0, 0.1) is 0 Å². The van der Waals surface area contributed by atoms with E-state index in [1.54, 1.807) is 0 Å². The second-order valence-corrected chi connectivity index (χ2v) is 4.78. The Morgan fingerprint density at radius 1 is 1.41 bits per heavy atom. The lowest BCUT2D eigenvalue weighted by Gasteiger charge is -2.27. The van der Waals surface area contributed by atoms with Gasteiger partial charge in [0.1, 0.15) is 5.75 Å². The van der Waals surface area contributed by atoms with Crippen molar-refractivity contribution in [1.29, 1.82) is 0 Å². The van der Waals surface area contributed by atoms with Crippen LogP contribution in [-0.2, 0) is 4.74 Å². The van der Waals surface area contributed by atoms with Crippen LogP contribution in [0.5, 0.6) is 5.75 Å². The molecular formula is C14H20O3. The van der Waals surface area contributed by atoms with Crippen LogP contribution in [0.1, 0.15) is 38.4 Å². The summed E-state index contributed by atoms with van der Waals surface area (Å²) in [5, 5.41) is 9.64. The highest BCUT2D eigenvalue weighted by atomic mass is 16.5. The number of aliphatic hydroxyl groups is 1. The Kier molecular flexibility index (Phi) is 4.02. The summed E-state index contributed by atoms with van der Waals surface area (Å²) in [4.78, 5) is 0. The molecule has 0 radical (unpaired) electrons. The first-order valence-corrected chi connectivity index (χ1v) is 6.21. The highest BCUT2D eigenvalue weighted by Gasteiger charge is 2.22. The Morgan fingerprint density at radius 2 is 2.24 bits per heavy atom. The average molecular weight is 236 g/mol. The topological polar surface area (TPSA) is 38.7 Å².